The molecule has 1 saturated heterocycles. The standard InChI is InChI=1S/C18H24N4O3S/c1-20-18-7-8-22(26(23,24)15-5-3-2-4-6-15)13-16(18)17(19-20)14-21-9-11-25-12-10-21/h2-6H,7-14H2,1H3. The van der Waals surface area contributed by atoms with Crippen molar-refractivity contribution < 1.29 is 13.2 Å². The lowest BCUT2D eigenvalue weighted by atomic mass is 10.1. The molecular formula is C18H24N4O3S. The van der Waals surface area contributed by atoms with Crippen LogP contribution >= 0.6 is 0 Å². The molecule has 1 aromatic heterocycles. The summed E-state index contributed by atoms with van der Waals surface area (Å²) in [5.41, 5.74) is 3.19. The van der Waals surface area contributed by atoms with Crippen molar-refractivity contribution in [3.8, 4) is 0 Å². The van der Waals surface area contributed by atoms with E-state index in [1.165, 1.54) is 0 Å². The summed E-state index contributed by atoms with van der Waals surface area (Å²) in [5, 5.41) is 4.69. The van der Waals surface area contributed by atoms with Gasteiger partial charge >= 0.3 is 0 Å². The van der Waals surface area contributed by atoms with Gasteiger partial charge in [-0.3, -0.25) is 9.58 Å². The summed E-state index contributed by atoms with van der Waals surface area (Å²) >= 11 is 0. The maximum atomic E-state index is 13.0. The van der Waals surface area contributed by atoms with Gasteiger partial charge in [-0.2, -0.15) is 9.40 Å². The lowest BCUT2D eigenvalue weighted by Gasteiger charge is -2.29. The Hall–Kier alpha value is -1.74. The second-order valence-corrected chi connectivity index (χ2v) is 8.72. The third-order valence-electron chi connectivity index (χ3n) is 5.15. The van der Waals surface area contributed by atoms with Crippen LogP contribution in [0.25, 0.3) is 0 Å². The molecule has 0 bridgehead atoms. The van der Waals surface area contributed by atoms with E-state index in [9.17, 15) is 8.42 Å². The lowest BCUT2D eigenvalue weighted by Crippen LogP contribution is -2.38. The van der Waals surface area contributed by atoms with Crippen molar-refractivity contribution in [1.29, 1.82) is 0 Å². The van der Waals surface area contributed by atoms with Crippen LogP contribution < -0.4 is 0 Å². The van der Waals surface area contributed by atoms with E-state index in [1.807, 2.05) is 17.8 Å². The van der Waals surface area contributed by atoms with Gasteiger partial charge < -0.3 is 4.74 Å². The topological polar surface area (TPSA) is 67.7 Å². The minimum absolute atomic E-state index is 0.349. The molecular weight excluding hydrogens is 352 g/mol. The highest BCUT2D eigenvalue weighted by Gasteiger charge is 2.32. The highest BCUT2D eigenvalue weighted by atomic mass is 32.2. The van der Waals surface area contributed by atoms with Crippen LogP contribution in [-0.2, 0) is 41.3 Å². The fourth-order valence-electron chi connectivity index (χ4n) is 3.69. The van der Waals surface area contributed by atoms with E-state index in [1.54, 1.807) is 28.6 Å². The van der Waals surface area contributed by atoms with Crippen LogP contribution in [0.2, 0.25) is 0 Å². The summed E-state index contributed by atoms with van der Waals surface area (Å²) in [6.07, 6.45) is 0.689. The Morgan fingerprint density at radius 2 is 1.85 bits per heavy atom. The van der Waals surface area contributed by atoms with E-state index in [-0.39, 0.29) is 0 Å². The van der Waals surface area contributed by atoms with Crippen LogP contribution in [0.1, 0.15) is 17.0 Å². The van der Waals surface area contributed by atoms with Crippen molar-refractivity contribution >= 4 is 10.0 Å². The van der Waals surface area contributed by atoms with Gasteiger partial charge in [-0.25, -0.2) is 8.42 Å². The normalized spacial score (nSPS) is 19.4. The summed E-state index contributed by atoms with van der Waals surface area (Å²) in [5.74, 6) is 0. The lowest BCUT2D eigenvalue weighted by molar-refractivity contribution is 0.0334. The Kier molecular flexibility index (Phi) is 4.83. The average Bonchev–Trinajstić information content (AvgIpc) is 2.98. The minimum atomic E-state index is -3.48. The molecule has 0 aliphatic carbocycles. The van der Waals surface area contributed by atoms with Gasteiger partial charge in [-0.1, -0.05) is 18.2 Å². The second-order valence-electron chi connectivity index (χ2n) is 6.79. The van der Waals surface area contributed by atoms with Crippen molar-refractivity contribution in [2.45, 2.75) is 24.4 Å². The summed E-state index contributed by atoms with van der Waals surface area (Å²) in [4.78, 5) is 2.67. The highest BCUT2D eigenvalue weighted by Crippen LogP contribution is 2.27. The number of rotatable bonds is 4. The van der Waals surface area contributed by atoms with Crippen molar-refractivity contribution in [2.24, 2.45) is 7.05 Å². The van der Waals surface area contributed by atoms with Gasteiger partial charge in [0.05, 0.1) is 23.8 Å². The summed E-state index contributed by atoms with van der Waals surface area (Å²) in [7, 11) is -1.54. The third kappa shape index (κ3) is 3.29. The predicted octanol–water partition coefficient (Wildman–Crippen LogP) is 0.999. The summed E-state index contributed by atoms with van der Waals surface area (Å²) in [6, 6.07) is 8.66. The van der Waals surface area contributed by atoms with Crippen molar-refractivity contribution in [3.63, 3.8) is 0 Å². The van der Waals surface area contributed by atoms with Gasteiger partial charge in [0, 0.05) is 57.4 Å². The minimum Gasteiger partial charge on any atom is -0.379 e. The maximum Gasteiger partial charge on any atom is 0.243 e. The van der Waals surface area contributed by atoms with Gasteiger partial charge in [0.2, 0.25) is 10.0 Å². The number of hydrogen-bond donors (Lipinski definition) is 0. The van der Waals surface area contributed by atoms with Crippen LogP contribution in [0, 0.1) is 0 Å². The quantitative estimate of drug-likeness (QED) is 0.796. The molecule has 0 spiro atoms. The Bertz CT molecular complexity index is 873. The molecule has 1 fully saturated rings. The van der Waals surface area contributed by atoms with E-state index < -0.39 is 10.0 Å². The zero-order valence-corrected chi connectivity index (χ0v) is 15.8. The Labute approximate surface area is 154 Å². The molecule has 0 atom stereocenters. The van der Waals surface area contributed by atoms with E-state index in [0.717, 1.165) is 49.8 Å². The average molecular weight is 376 g/mol. The number of morpholine rings is 1. The number of hydrogen-bond acceptors (Lipinski definition) is 5. The van der Waals surface area contributed by atoms with Gasteiger partial charge in [0.25, 0.3) is 0 Å². The summed E-state index contributed by atoms with van der Waals surface area (Å²) < 4.78 is 34.9. The first-order chi connectivity index (χ1) is 12.6. The van der Waals surface area contributed by atoms with Gasteiger partial charge in [0.15, 0.2) is 0 Å². The Morgan fingerprint density at radius 1 is 1.12 bits per heavy atom. The molecule has 0 amide bonds. The zero-order valence-electron chi connectivity index (χ0n) is 15.0. The van der Waals surface area contributed by atoms with Crippen LogP contribution in [0.5, 0.6) is 0 Å². The number of sulfonamides is 1. The number of nitrogens with zero attached hydrogens (tertiary/aromatic N) is 4. The van der Waals surface area contributed by atoms with Gasteiger partial charge in [0.1, 0.15) is 0 Å². The number of ether oxygens (including phenoxy) is 1. The third-order valence-corrected chi connectivity index (χ3v) is 7.01. The predicted molar refractivity (Wildman–Crippen MR) is 97.0 cm³/mol. The molecule has 4 rings (SSSR count). The molecule has 1 aromatic carbocycles. The van der Waals surface area contributed by atoms with Crippen molar-refractivity contribution in [1.82, 2.24) is 19.0 Å². The van der Waals surface area contributed by atoms with E-state index in [2.05, 4.69) is 10.00 Å². The molecule has 7 nitrogen and oxygen atoms in total. The molecule has 2 aliphatic heterocycles. The SMILES string of the molecule is Cn1nc(CN2CCOCC2)c2c1CCN(S(=O)(=O)c1ccccc1)C2. The first-order valence-corrected chi connectivity index (χ1v) is 10.4. The molecule has 0 N–H and O–H groups in total. The fourth-order valence-corrected chi connectivity index (χ4v) is 5.12. The van der Waals surface area contributed by atoms with E-state index >= 15 is 0 Å². The van der Waals surface area contributed by atoms with Crippen molar-refractivity contribution in [2.75, 3.05) is 32.8 Å². The molecule has 140 valence electrons. The Balaban J connectivity index is 1.59. The van der Waals surface area contributed by atoms with E-state index in [4.69, 9.17) is 4.74 Å². The Morgan fingerprint density at radius 3 is 2.58 bits per heavy atom. The zero-order chi connectivity index (χ0) is 18.1. The molecule has 0 saturated carbocycles. The van der Waals surface area contributed by atoms with Crippen LogP contribution in [0.15, 0.2) is 35.2 Å². The smallest absolute Gasteiger partial charge is 0.243 e. The van der Waals surface area contributed by atoms with Gasteiger partial charge in [-0.05, 0) is 12.1 Å². The van der Waals surface area contributed by atoms with Crippen LogP contribution in [0.4, 0.5) is 0 Å². The molecule has 0 radical (unpaired) electrons. The number of aromatic nitrogens is 2. The largest absolute Gasteiger partial charge is 0.379 e. The second kappa shape index (κ2) is 7.11. The number of aryl methyl sites for hydroxylation is 1. The van der Waals surface area contributed by atoms with E-state index in [0.29, 0.717) is 24.4 Å². The molecule has 0 unspecified atom stereocenters. The number of benzene rings is 1. The fraction of sp³-hybridized carbons (Fsp3) is 0.500. The molecule has 2 aliphatic rings. The van der Waals surface area contributed by atoms with Gasteiger partial charge in [-0.15, -0.1) is 0 Å². The first kappa shape index (κ1) is 17.7. The van der Waals surface area contributed by atoms with Crippen molar-refractivity contribution in [3.05, 3.63) is 47.3 Å². The summed E-state index contributed by atoms with van der Waals surface area (Å²) in [6.45, 7) is 4.87. The molecule has 26 heavy (non-hydrogen) atoms. The highest BCUT2D eigenvalue weighted by molar-refractivity contribution is 7.89. The molecule has 2 aromatic rings. The number of fused-ring (bicyclic) bond motifs is 1. The molecule has 8 heteroatoms. The maximum absolute atomic E-state index is 13.0. The van der Waals surface area contributed by atoms with Crippen LogP contribution in [0.3, 0.4) is 0 Å². The first-order valence-electron chi connectivity index (χ1n) is 8.94. The monoisotopic (exact) mass is 376 g/mol. The molecule has 3 heterocycles. The van der Waals surface area contributed by atoms with Crippen LogP contribution in [-0.4, -0.2) is 60.3 Å².